The van der Waals surface area contributed by atoms with Crippen molar-refractivity contribution in [3.05, 3.63) is 70.7 Å². The molecule has 4 nitrogen and oxygen atoms in total. The van der Waals surface area contributed by atoms with E-state index >= 15 is 0 Å². The Morgan fingerprint density at radius 1 is 1.21 bits per heavy atom. The van der Waals surface area contributed by atoms with Gasteiger partial charge in [0.25, 0.3) is 0 Å². The van der Waals surface area contributed by atoms with Gasteiger partial charge in [0.1, 0.15) is 0 Å². The maximum Gasteiger partial charge on any atom is 0.419 e. The zero-order valence-electron chi connectivity index (χ0n) is 15.6. The molecule has 29 heavy (non-hydrogen) atoms. The van der Waals surface area contributed by atoms with Gasteiger partial charge < -0.3 is 9.88 Å². The molecule has 0 atom stereocenters. The van der Waals surface area contributed by atoms with Crippen LogP contribution >= 0.6 is 11.6 Å². The molecule has 0 aliphatic carbocycles. The summed E-state index contributed by atoms with van der Waals surface area (Å²) in [4.78, 5) is 12.9. The summed E-state index contributed by atoms with van der Waals surface area (Å²) in [7, 11) is 0. The van der Waals surface area contributed by atoms with E-state index in [4.69, 9.17) is 11.6 Å². The first-order valence-electron chi connectivity index (χ1n) is 9.03. The smallest absolute Gasteiger partial charge is 0.360 e. The predicted molar refractivity (Wildman–Crippen MR) is 109 cm³/mol. The molecule has 1 saturated heterocycles. The Bertz CT molecular complexity index is 1110. The summed E-state index contributed by atoms with van der Waals surface area (Å²) in [6.45, 7) is 7.29. The minimum atomic E-state index is -4.45. The van der Waals surface area contributed by atoms with Gasteiger partial charge in [-0.25, -0.2) is 9.97 Å². The number of piperidine rings is 1. The number of halogens is 4. The molecule has 150 valence electrons. The Hall–Kier alpha value is -2.80. The molecule has 1 aromatic carbocycles. The molecule has 8 heteroatoms. The normalized spacial score (nSPS) is 17.1. The van der Waals surface area contributed by atoms with E-state index in [-0.39, 0.29) is 5.95 Å². The molecular weight excluding hydrogens is 401 g/mol. The van der Waals surface area contributed by atoms with Crippen LogP contribution < -0.4 is 4.90 Å². The lowest BCUT2D eigenvalue weighted by Crippen LogP contribution is -2.34. The topological polar surface area (TPSA) is 44.8 Å². The van der Waals surface area contributed by atoms with E-state index in [1.165, 1.54) is 0 Å². The summed E-state index contributed by atoms with van der Waals surface area (Å²) in [5.41, 5.74) is 4.14. The van der Waals surface area contributed by atoms with Crippen LogP contribution in [-0.4, -0.2) is 28.0 Å². The SMILES string of the molecule is C=C1CCN(c2ncc(C(F)(F)F)cn2)C/C1=C(/C)c1ccc(Cl)c2[nH]ccc12. The van der Waals surface area contributed by atoms with Crippen molar-refractivity contribution in [2.75, 3.05) is 18.0 Å². The number of H-pyrrole nitrogens is 1. The summed E-state index contributed by atoms with van der Waals surface area (Å²) < 4.78 is 38.3. The van der Waals surface area contributed by atoms with Gasteiger partial charge >= 0.3 is 6.18 Å². The third-order valence-electron chi connectivity index (χ3n) is 5.24. The van der Waals surface area contributed by atoms with E-state index in [0.29, 0.717) is 24.5 Å². The number of alkyl halides is 3. The summed E-state index contributed by atoms with van der Waals surface area (Å²) in [6.07, 6.45) is -0.279. The molecule has 1 N–H and O–H groups in total. The number of fused-ring (bicyclic) bond motifs is 1. The number of aromatic amines is 1. The monoisotopic (exact) mass is 418 g/mol. The highest BCUT2D eigenvalue weighted by molar-refractivity contribution is 6.35. The van der Waals surface area contributed by atoms with E-state index in [2.05, 4.69) is 21.5 Å². The largest absolute Gasteiger partial charge is 0.419 e. The van der Waals surface area contributed by atoms with Gasteiger partial charge in [0, 0.05) is 37.1 Å². The highest BCUT2D eigenvalue weighted by Gasteiger charge is 2.32. The number of anilines is 1. The minimum absolute atomic E-state index is 0.277. The van der Waals surface area contributed by atoms with Crippen molar-refractivity contribution in [2.24, 2.45) is 0 Å². The third-order valence-corrected chi connectivity index (χ3v) is 5.55. The first-order chi connectivity index (χ1) is 13.8. The Balaban J connectivity index is 1.69. The molecule has 3 aromatic rings. The van der Waals surface area contributed by atoms with Crippen LogP contribution in [0.2, 0.25) is 5.02 Å². The molecule has 2 aromatic heterocycles. The fraction of sp³-hybridized carbons (Fsp3) is 0.238. The number of benzene rings is 1. The van der Waals surface area contributed by atoms with Gasteiger partial charge in [0.2, 0.25) is 5.95 Å². The van der Waals surface area contributed by atoms with E-state index < -0.39 is 11.7 Å². The van der Waals surface area contributed by atoms with E-state index in [1.807, 2.05) is 36.2 Å². The van der Waals surface area contributed by atoms with E-state index in [0.717, 1.165) is 45.6 Å². The number of hydrogen-bond acceptors (Lipinski definition) is 3. The lowest BCUT2D eigenvalue weighted by molar-refractivity contribution is -0.138. The van der Waals surface area contributed by atoms with Crippen molar-refractivity contribution in [2.45, 2.75) is 19.5 Å². The molecule has 0 spiro atoms. The van der Waals surface area contributed by atoms with Gasteiger partial charge in [-0.05, 0) is 47.8 Å². The summed E-state index contributed by atoms with van der Waals surface area (Å²) in [5.74, 6) is 0.277. The van der Waals surface area contributed by atoms with Gasteiger partial charge in [-0.1, -0.05) is 24.2 Å². The lowest BCUT2D eigenvalue weighted by Gasteiger charge is -2.31. The Kier molecular flexibility index (Phi) is 4.86. The summed E-state index contributed by atoms with van der Waals surface area (Å²) in [5, 5.41) is 1.66. The van der Waals surface area contributed by atoms with Crippen LogP contribution in [0.5, 0.6) is 0 Å². The second kappa shape index (κ2) is 7.22. The first kappa shape index (κ1) is 19.5. The molecule has 4 rings (SSSR count). The van der Waals surface area contributed by atoms with Crippen LogP contribution in [0.1, 0.15) is 24.5 Å². The number of nitrogens with zero attached hydrogens (tertiary/aromatic N) is 3. The van der Waals surface area contributed by atoms with Crippen molar-refractivity contribution in [1.82, 2.24) is 15.0 Å². The third kappa shape index (κ3) is 3.62. The number of aromatic nitrogens is 3. The quantitative estimate of drug-likeness (QED) is 0.566. The van der Waals surface area contributed by atoms with Gasteiger partial charge in [0.05, 0.1) is 16.1 Å². The van der Waals surface area contributed by atoms with Crippen molar-refractivity contribution in [3.8, 4) is 0 Å². The maximum absolute atomic E-state index is 12.8. The van der Waals surface area contributed by atoms with Gasteiger partial charge in [0.15, 0.2) is 0 Å². The fourth-order valence-electron chi connectivity index (χ4n) is 3.60. The van der Waals surface area contributed by atoms with Gasteiger partial charge in [-0.15, -0.1) is 0 Å². The van der Waals surface area contributed by atoms with Crippen LogP contribution in [-0.2, 0) is 6.18 Å². The molecule has 0 radical (unpaired) electrons. The summed E-state index contributed by atoms with van der Waals surface area (Å²) in [6, 6.07) is 5.80. The van der Waals surface area contributed by atoms with Crippen molar-refractivity contribution in [1.29, 1.82) is 0 Å². The average Bonchev–Trinajstić information content (AvgIpc) is 3.18. The Labute approximate surface area is 170 Å². The van der Waals surface area contributed by atoms with Crippen LogP contribution in [0.15, 0.2) is 54.5 Å². The minimum Gasteiger partial charge on any atom is -0.360 e. The molecule has 0 unspecified atom stereocenters. The van der Waals surface area contributed by atoms with Gasteiger partial charge in [-0.3, -0.25) is 0 Å². The van der Waals surface area contributed by atoms with Crippen LogP contribution in [0.25, 0.3) is 16.5 Å². The molecule has 0 bridgehead atoms. The second-order valence-corrected chi connectivity index (χ2v) is 7.42. The van der Waals surface area contributed by atoms with Crippen molar-refractivity contribution < 1.29 is 13.2 Å². The Morgan fingerprint density at radius 2 is 1.93 bits per heavy atom. The standard InChI is InChI=1S/C21H18ClF3N4/c1-12-6-8-29(20-27-9-14(10-28-20)21(23,24)25)11-17(12)13(2)15-3-4-18(22)19-16(15)5-7-26-19/h3-5,7,9-10,26H,1,6,8,11H2,2H3/b17-13+. The molecule has 3 heterocycles. The maximum atomic E-state index is 12.8. The fourth-order valence-corrected chi connectivity index (χ4v) is 3.82. The number of nitrogens with one attached hydrogen (secondary N) is 1. The highest BCUT2D eigenvalue weighted by atomic mass is 35.5. The van der Waals surface area contributed by atoms with E-state index in [1.54, 1.807) is 0 Å². The predicted octanol–water partition coefficient (Wildman–Crippen LogP) is 5.87. The van der Waals surface area contributed by atoms with Crippen molar-refractivity contribution in [3.63, 3.8) is 0 Å². The van der Waals surface area contributed by atoms with Crippen LogP contribution in [0, 0.1) is 0 Å². The van der Waals surface area contributed by atoms with E-state index in [9.17, 15) is 13.2 Å². The number of hydrogen-bond donors (Lipinski definition) is 1. The molecule has 1 aliphatic heterocycles. The van der Waals surface area contributed by atoms with Crippen LogP contribution in [0.3, 0.4) is 0 Å². The zero-order chi connectivity index (χ0) is 20.8. The lowest BCUT2D eigenvalue weighted by atomic mass is 9.90. The summed E-state index contributed by atoms with van der Waals surface area (Å²) >= 11 is 6.27. The van der Waals surface area contributed by atoms with Crippen molar-refractivity contribution >= 4 is 34.0 Å². The molecule has 0 saturated carbocycles. The Morgan fingerprint density at radius 3 is 2.62 bits per heavy atom. The zero-order valence-corrected chi connectivity index (χ0v) is 16.4. The number of allylic oxidation sites excluding steroid dienone is 1. The first-order valence-corrected chi connectivity index (χ1v) is 9.41. The second-order valence-electron chi connectivity index (χ2n) is 7.01. The van der Waals surface area contributed by atoms with Gasteiger partial charge in [-0.2, -0.15) is 13.2 Å². The molecule has 1 fully saturated rings. The molecule has 1 aliphatic rings. The highest BCUT2D eigenvalue weighted by Crippen LogP contribution is 2.35. The number of rotatable bonds is 2. The average molecular weight is 419 g/mol. The molecular formula is C21H18ClF3N4. The van der Waals surface area contributed by atoms with Crippen LogP contribution in [0.4, 0.5) is 19.1 Å². The molecule has 0 amide bonds.